The molecule has 0 aliphatic rings. The Morgan fingerprint density at radius 2 is 1.73 bits per heavy atom. The fourth-order valence-electron chi connectivity index (χ4n) is 4.36. The zero-order valence-corrected chi connectivity index (χ0v) is 23.2. The lowest BCUT2D eigenvalue weighted by atomic mass is 10.1. The second-order valence-corrected chi connectivity index (χ2v) is 10.6. The van der Waals surface area contributed by atoms with E-state index in [1.807, 2.05) is 45.2 Å². The minimum Gasteiger partial charge on any atom is -0.497 e. The molecule has 2 heterocycles. The van der Waals surface area contributed by atoms with E-state index in [-0.39, 0.29) is 28.8 Å². The number of nitrogens with zero attached hydrogens (tertiary/aromatic N) is 2. The molecule has 1 amide bonds. The van der Waals surface area contributed by atoms with E-state index in [1.54, 1.807) is 37.4 Å². The van der Waals surface area contributed by atoms with Gasteiger partial charge in [-0.2, -0.15) is 4.98 Å². The van der Waals surface area contributed by atoms with E-state index in [4.69, 9.17) is 4.74 Å². The first kappa shape index (κ1) is 27.4. The third-order valence-electron chi connectivity index (χ3n) is 6.38. The molecule has 3 aromatic carbocycles. The van der Waals surface area contributed by atoms with Crippen LogP contribution in [0, 0.1) is 0 Å². The summed E-state index contributed by atoms with van der Waals surface area (Å²) in [7, 11) is 1.64. The topological polar surface area (TPSA) is 150 Å². The predicted molar refractivity (Wildman–Crippen MR) is 161 cm³/mol. The Morgan fingerprint density at radius 1 is 0.976 bits per heavy atom. The summed E-state index contributed by atoms with van der Waals surface area (Å²) < 4.78 is 5.32. The highest BCUT2D eigenvalue weighted by Crippen LogP contribution is 2.25. The number of carbonyl (C=O) groups is 1. The van der Waals surface area contributed by atoms with Crippen molar-refractivity contribution in [3.63, 3.8) is 0 Å². The van der Waals surface area contributed by atoms with Crippen molar-refractivity contribution < 1.29 is 9.53 Å². The first-order valence-electron chi connectivity index (χ1n) is 13.1. The van der Waals surface area contributed by atoms with Gasteiger partial charge in [0.2, 0.25) is 5.95 Å². The molecule has 0 bridgehead atoms. The number of hydrogen-bond acceptors (Lipinski definition) is 9. The highest BCUT2D eigenvalue weighted by Gasteiger charge is 2.25. The Balaban J connectivity index is 1.17. The van der Waals surface area contributed by atoms with Gasteiger partial charge in [0.1, 0.15) is 22.9 Å². The zero-order chi connectivity index (χ0) is 29.1. The van der Waals surface area contributed by atoms with Gasteiger partial charge in [-0.15, -0.1) is 0 Å². The Labute approximate surface area is 236 Å². The summed E-state index contributed by atoms with van der Waals surface area (Å²) in [4.78, 5) is 48.7. The third-order valence-corrected chi connectivity index (χ3v) is 6.38. The maximum atomic E-state index is 12.7. The predicted octanol–water partition coefficient (Wildman–Crippen LogP) is 4.23. The fourth-order valence-corrected chi connectivity index (χ4v) is 4.36. The monoisotopic (exact) mass is 553 g/mol. The number of aromatic amines is 1. The van der Waals surface area contributed by atoms with E-state index in [9.17, 15) is 14.4 Å². The van der Waals surface area contributed by atoms with Crippen molar-refractivity contribution in [3.8, 4) is 5.75 Å². The van der Waals surface area contributed by atoms with Crippen LogP contribution in [0.15, 0.2) is 70.5 Å². The lowest BCUT2D eigenvalue weighted by Gasteiger charge is -2.24. The van der Waals surface area contributed by atoms with Gasteiger partial charge in [-0.1, -0.05) is 0 Å². The van der Waals surface area contributed by atoms with Crippen LogP contribution in [-0.2, 0) is 6.42 Å². The normalized spacial score (nSPS) is 11.4. The molecule has 0 aliphatic carbocycles. The molecule has 0 aliphatic heterocycles. The maximum Gasteiger partial charge on any atom is 0.253 e. The minimum atomic E-state index is -0.597. The summed E-state index contributed by atoms with van der Waals surface area (Å²) in [6.45, 7) is 6.18. The lowest BCUT2D eigenvalue weighted by Crippen LogP contribution is -2.41. The van der Waals surface area contributed by atoms with Gasteiger partial charge in [-0.3, -0.25) is 14.4 Å². The van der Waals surface area contributed by atoms with Crippen molar-refractivity contribution in [3.05, 3.63) is 92.5 Å². The van der Waals surface area contributed by atoms with Gasteiger partial charge in [0.25, 0.3) is 16.8 Å². The first-order valence-corrected chi connectivity index (χ1v) is 13.1. The molecule has 0 saturated heterocycles. The van der Waals surface area contributed by atoms with Crippen molar-refractivity contribution in [1.82, 2.24) is 20.3 Å². The molecule has 5 rings (SSSR count). The number of amides is 1. The molecular formula is C30H31N7O4. The summed E-state index contributed by atoms with van der Waals surface area (Å²) in [6, 6.07) is 14.4. The van der Waals surface area contributed by atoms with Crippen LogP contribution < -0.4 is 36.9 Å². The van der Waals surface area contributed by atoms with E-state index >= 15 is 0 Å². The van der Waals surface area contributed by atoms with Gasteiger partial charge in [0.05, 0.1) is 7.11 Å². The van der Waals surface area contributed by atoms with E-state index in [1.165, 1.54) is 6.20 Å². The standard InChI is InChI=1S/C30H31N7O4/c1-30(2,3)37-25-24(26(38)27(25)39)35-23-12-14-32-29(36-23)34-19-7-5-17(6-8-19)28(40)31-13-11-18-16-33-22-10-9-20(41-4)15-21(18)22/h5-10,12,14-16,33,37H,11,13H2,1-4H3,(H,31,40)(H2,32,34,35,36). The number of ether oxygens (including phenoxy) is 1. The number of methoxy groups -OCH3 is 1. The molecule has 5 aromatic rings. The van der Waals surface area contributed by atoms with Crippen molar-refractivity contribution in [2.24, 2.45) is 0 Å². The number of benzene rings is 2. The SMILES string of the molecule is COc1ccc2[nH]cc(CCNC(=O)c3ccc(Nc4nccc(Nc5c(NC(C)(C)C)c(=O)c5=O)n4)cc3)c2c1. The quantitative estimate of drug-likeness (QED) is 0.160. The third kappa shape index (κ3) is 6.19. The Morgan fingerprint density at radius 3 is 2.46 bits per heavy atom. The molecule has 0 radical (unpaired) electrons. The van der Waals surface area contributed by atoms with Crippen LogP contribution in [0.25, 0.3) is 10.9 Å². The van der Waals surface area contributed by atoms with Gasteiger partial charge in [-0.05, 0) is 81.3 Å². The van der Waals surface area contributed by atoms with E-state index in [0.29, 0.717) is 30.0 Å². The summed E-state index contributed by atoms with van der Waals surface area (Å²) in [6.07, 6.45) is 4.15. The largest absolute Gasteiger partial charge is 0.497 e. The molecule has 5 N–H and O–H groups in total. The Kier molecular flexibility index (Phi) is 7.43. The summed E-state index contributed by atoms with van der Waals surface area (Å²) in [5, 5.41) is 13.1. The number of carbonyl (C=O) groups excluding carboxylic acids is 1. The minimum absolute atomic E-state index is 0.175. The van der Waals surface area contributed by atoms with Crippen LogP contribution in [0.3, 0.4) is 0 Å². The van der Waals surface area contributed by atoms with Gasteiger partial charge in [0, 0.05) is 46.6 Å². The zero-order valence-electron chi connectivity index (χ0n) is 23.2. The van der Waals surface area contributed by atoms with Crippen LogP contribution in [0.5, 0.6) is 5.75 Å². The van der Waals surface area contributed by atoms with E-state index < -0.39 is 10.9 Å². The molecule has 41 heavy (non-hydrogen) atoms. The van der Waals surface area contributed by atoms with Crippen molar-refractivity contribution in [2.45, 2.75) is 32.7 Å². The highest BCUT2D eigenvalue weighted by atomic mass is 16.5. The molecule has 2 aromatic heterocycles. The van der Waals surface area contributed by atoms with Gasteiger partial charge < -0.3 is 31.0 Å². The van der Waals surface area contributed by atoms with E-state index in [2.05, 4.69) is 36.2 Å². The van der Waals surface area contributed by atoms with Crippen molar-refractivity contribution in [2.75, 3.05) is 29.6 Å². The average molecular weight is 554 g/mol. The molecule has 210 valence electrons. The Bertz CT molecular complexity index is 1780. The number of hydrogen-bond donors (Lipinski definition) is 5. The van der Waals surface area contributed by atoms with Crippen LogP contribution in [0.2, 0.25) is 0 Å². The Hall–Kier alpha value is -5.19. The number of anilines is 5. The number of H-pyrrole nitrogens is 1. The second kappa shape index (κ2) is 11.1. The van der Waals surface area contributed by atoms with Crippen LogP contribution in [0.4, 0.5) is 28.8 Å². The highest BCUT2D eigenvalue weighted by molar-refractivity contribution is 5.94. The first-order chi connectivity index (χ1) is 19.6. The molecule has 0 fully saturated rings. The smallest absolute Gasteiger partial charge is 0.253 e. The van der Waals surface area contributed by atoms with Crippen LogP contribution >= 0.6 is 0 Å². The van der Waals surface area contributed by atoms with Crippen LogP contribution in [-0.4, -0.2) is 40.1 Å². The van der Waals surface area contributed by atoms with Crippen molar-refractivity contribution >= 4 is 45.6 Å². The lowest BCUT2D eigenvalue weighted by molar-refractivity contribution is 0.0954. The number of fused-ring (bicyclic) bond motifs is 1. The number of rotatable bonds is 10. The molecule has 0 unspecified atom stereocenters. The molecule has 0 atom stereocenters. The van der Waals surface area contributed by atoms with E-state index in [0.717, 1.165) is 22.2 Å². The number of aromatic nitrogens is 3. The number of nitrogens with one attached hydrogen (secondary N) is 5. The second-order valence-electron chi connectivity index (χ2n) is 10.6. The van der Waals surface area contributed by atoms with Gasteiger partial charge >= 0.3 is 0 Å². The fraction of sp³-hybridized carbons (Fsp3) is 0.233. The summed E-state index contributed by atoms with van der Waals surface area (Å²) >= 11 is 0. The van der Waals surface area contributed by atoms with Gasteiger partial charge in [-0.25, -0.2) is 4.98 Å². The summed E-state index contributed by atoms with van der Waals surface area (Å²) in [5.74, 6) is 1.25. The molecule has 0 saturated carbocycles. The van der Waals surface area contributed by atoms with Crippen molar-refractivity contribution in [1.29, 1.82) is 0 Å². The van der Waals surface area contributed by atoms with Gasteiger partial charge in [0.15, 0.2) is 0 Å². The molecule has 0 spiro atoms. The maximum absolute atomic E-state index is 12.7. The average Bonchev–Trinajstić information content (AvgIpc) is 3.36. The molecular weight excluding hydrogens is 522 g/mol. The molecule has 11 nitrogen and oxygen atoms in total. The van der Waals surface area contributed by atoms with Crippen LogP contribution in [0.1, 0.15) is 36.7 Å². The summed E-state index contributed by atoms with van der Waals surface area (Å²) in [5.41, 5.74) is 2.19. The molecule has 11 heteroatoms.